The predicted molar refractivity (Wildman–Crippen MR) is 154 cm³/mol. The van der Waals surface area contributed by atoms with Crippen LogP contribution in [0.3, 0.4) is 0 Å². The van der Waals surface area contributed by atoms with E-state index in [1.807, 2.05) is 0 Å². The summed E-state index contributed by atoms with van der Waals surface area (Å²) in [5, 5.41) is 14.6. The Balaban J connectivity index is 1.41. The van der Waals surface area contributed by atoms with Crippen molar-refractivity contribution in [1.82, 2.24) is 31.1 Å². The molecule has 228 valence electrons. The number of nitrogens with zero attached hydrogens (tertiary/aromatic N) is 2. The quantitative estimate of drug-likeness (QED) is 0.408. The van der Waals surface area contributed by atoms with Crippen molar-refractivity contribution in [2.24, 2.45) is 29.6 Å². The van der Waals surface area contributed by atoms with Crippen molar-refractivity contribution in [1.29, 1.82) is 0 Å². The minimum absolute atomic E-state index is 0.0203. The van der Waals surface area contributed by atoms with Crippen LogP contribution in [-0.2, 0) is 0 Å². The Kier molecular flexibility index (Phi) is 8.66. The van der Waals surface area contributed by atoms with Gasteiger partial charge in [-0.05, 0) is 95.6 Å². The maximum Gasteiger partial charge on any atom is 0.320 e. The Bertz CT molecular complexity index is 894. The molecule has 5 heterocycles. The van der Waals surface area contributed by atoms with Crippen LogP contribution in [0.25, 0.3) is 0 Å². The van der Waals surface area contributed by atoms with Crippen LogP contribution in [0.2, 0.25) is 0 Å². The zero-order valence-electron chi connectivity index (χ0n) is 25.1. The second-order valence-corrected chi connectivity index (χ2v) is 14.6. The molecule has 5 saturated heterocycles. The predicted octanol–water partition coefficient (Wildman–Crippen LogP) is 3.99. The van der Waals surface area contributed by atoms with Gasteiger partial charge in [0.2, 0.25) is 0 Å². The molecular formula is C31H54F2N6O. The van der Waals surface area contributed by atoms with Gasteiger partial charge in [-0.15, -0.1) is 0 Å². The first kappa shape index (κ1) is 29.1. The third-order valence-electron chi connectivity index (χ3n) is 11.6. The molecule has 1 aliphatic carbocycles. The molecular weight excluding hydrogens is 510 g/mol. The third kappa shape index (κ3) is 5.30. The molecule has 9 heteroatoms. The molecule has 1 saturated carbocycles. The number of rotatable bonds is 2. The summed E-state index contributed by atoms with van der Waals surface area (Å²) in [5.74, 6) is 0.780. The van der Waals surface area contributed by atoms with Crippen molar-refractivity contribution < 1.29 is 13.6 Å². The van der Waals surface area contributed by atoms with Crippen LogP contribution in [0.1, 0.15) is 85.5 Å². The van der Waals surface area contributed by atoms with E-state index >= 15 is 8.78 Å². The van der Waals surface area contributed by atoms with Crippen molar-refractivity contribution in [2.45, 2.75) is 140 Å². The van der Waals surface area contributed by atoms with Gasteiger partial charge in [-0.3, -0.25) is 10.2 Å². The molecule has 0 aromatic heterocycles. The molecule has 2 bridgehead atoms. The Hall–Kier alpha value is -1.03. The van der Waals surface area contributed by atoms with E-state index in [1.165, 1.54) is 6.42 Å². The van der Waals surface area contributed by atoms with Gasteiger partial charge in [-0.25, -0.2) is 13.6 Å². The smallest absolute Gasteiger partial charge is 0.320 e. The van der Waals surface area contributed by atoms with E-state index in [-0.39, 0.29) is 42.4 Å². The van der Waals surface area contributed by atoms with E-state index < -0.39 is 24.3 Å². The number of amides is 2. The fourth-order valence-corrected chi connectivity index (χ4v) is 9.60. The van der Waals surface area contributed by atoms with E-state index in [2.05, 4.69) is 58.8 Å². The van der Waals surface area contributed by atoms with Crippen molar-refractivity contribution in [3.63, 3.8) is 0 Å². The maximum atomic E-state index is 16.4. The summed E-state index contributed by atoms with van der Waals surface area (Å²) in [6, 6.07) is -0.111. The second-order valence-electron chi connectivity index (χ2n) is 14.6. The summed E-state index contributed by atoms with van der Waals surface area (Å²) in [4.78, 5) is 18.9. The molecule has 6 fully saturated rings. The molecule has 5 aliphatic heterocycles. The molecule has 0 radical (unpaired) electrons. The first-order valence-corrected chi connectivity index (χ1v) is 16.6. The first-order valence-electron chi connectivity index (χ1n) is 16.6. The van der Waals surface area contributed by atoms with Crippen LogP contribution < -0.4 is 21.3 Å². The van der Waals surface area contributed by atoms with Gasteiger partial charge in [0, 0.05) is 42.5 Å². The largest absolute Gasteiger partial charge is 0.322 e. The number of piperidine rings is 3. The van der Waals surface area contributed by atoms with Gasteiger partial charge < -0.3 is 20.9 Å². The van der Waals surface area contributed by atoms with Crippen LogP contribution in [-0.4, -0.2) is 90.3 Å². The van der Waals surface area contributed by atoms with E-state index in [1.54, 1.807) is 0 Å². The topological polar surface area (TPSA) is 71.7 Å². The van der Waals surface area contributed by atoms with Crippen LogP contribution in [0, 0.1) is 29.6 Å². The molecule has 0 aromatic rings. The van der Waals surface area contributed by atoms with Crippen molar-refractivity contribution in [3.05, 3.63) is 0 Å². The number of likely N-dealkylation sites (tertiary alicyclic amines) is 1. The van der Waals surface area contributed by atoms with Crippen molar-refractivity contribution in [3.8, 4) is 0 Å². The second kappa shape index (κ2) is 11.9. The van der Waals surface area contributed by atoms with Gasteiger partial charge in [-0.2, -0.15) is 0 Å². The Morgan fingerprint density at radius 1 is 0.900 bits per heavy atom. The zero-order valence-corrected chi connectivity index (χ0v) is 25.1. The average Bonchev–Trinajstić information content (AvgIpc) is 2.92. The highest BCUT2D eigenvalue weighted by atomic mass is 19.1. The van der Waals surface area contributed by atoms with E-state index in [4.69, 9.17) is 0 Å². The lowest BCUT2D eigenvalue weighted by Crippen LogP contribution is -2.80. The Morgan fingerprint density at radius 3 is 2.52 bits per heavy atom. The SMILES string of the molecule is CC(C)C1NCCC2CCCNC3CCCC(F)C3C3NC4C(CC3F)C(N3C[C@@H](C)CC[C@@H]3C)NC(=O)N4C21. The number of urea groups is 1. The van der Waals surface area contributed by atoms with E-state index in [0.717, 1.165) is 58.2 Å². The Labute approximate surface area is 240 Å². The van der Waals surface area contributed by atoms with Gasteiger partial charge in [0.05, 0.1) is 18.4 Å². The van der Waals surface area contributed by atoms with Crippen LogP contribution in [0.4, 0.5) is 13.6 Å². The third-order valence-corrected chi connectivity index (χ3v) is 11.6. The molecule has 7 nitrogen and oxygen atoms in total. The highest BCUT2D eigenvalue weighted by Crippen LogP contribution is 2.43. The van der Waals surface area contributed by atoms with Gasteiger partial charge in [0.15, 0.2) is 0 Å². The van der Waals surface area contributed by atoms with Crippen LogP contribution >= 0.6 is 0 Å². The summed E-state index contributed by atoms with van der Waals surface area (Å²) in [7, 11) is 0. The molecule has 6 aliphatic rings. The molecule has 4 N–H and O–H groups in total. The molecule has 0 aromatic carbocycles. The lowest BCUT2D eigenvalue weighted by molar-refractivity contribution is -0.0972. The molecule has 40 heavy (non-hydrogen) atoms. The van der Waals surface area contributed by atoms with Gasteiger partial charge in [-0.1, -0.05) is 20.8 Å². The number of alkyl halides is 2. The average molecular weight is 565 g/mol. The van der Waals surface area contributed by atoms with Gasteiger partial charge >= 0.3 is 6.03 Å². The number of halogens is 2. The summed E-state index contributed by atoms with van der Waals surface area (Å²) in [6.45, 7) is 11.7. The van der Waals surface area contributed by atoms with E-state index in [0.29, 0.717) is 36.6 Å². The van der Waals surface area contributed by atoms with E-state index in [9.17, 15) is 4.79 Å². The van der Waals surface area contributed by atoms with Gasteiger partial charge in [0.1, 0.15) is 12.3 Å². The zero-order chi connectivity index (χ0) is 28.1. The minimum Gasteiger partial charge on any atom is -0.322 e. The van der Waals surface area contributed by atoms with Crippen molar-refractivity contribution >= 4 is 6.03 Å². The number of hydrogen-bond acceptors (Lipinski definition) is 5. The summed E-state index contributed by atoms with van der Waals surface area (Å²) in [5.41, 5.74) is 0. The lowest BCUT2D eigenvalue weighted by atomic mass is 9.71. The van der Waals surface area contributed by atoms with Crippen LogP contribution in [0.5, 0.6) is 0 Å². The fraction of sp³-hybridized carbons (Fsp3) is 0.968. The molecule has 2 amide bonds. The first-order chi connectivity index (χ1) is 19.2. The normalized spacial score (nSPS) is 48.8. The lowest BCUT2D eigenvalue weighted by Gasteiger charge is -2.60. The minimum atomic E-state index is -1.15. The Morgan fingerprint density at radius 2 is 1.73 bits per heavy atom. The number of fused-ring (bicyclic) bond motifs is 5. The summed E-state index contributed by atoms with van der Waals surface area (Å²) in [6.07, 6.45) is 5.26. The highest BCUT2D eigenvalue weighted by molar-refractivity contribution is 5.76. The molecule has 0 spiro atoms. The van der Waals surface area contributed by atoms with Gasteiger partial charge in [0.25, 0.3) is 0 Å². The summed E-state index contributed by atoms with van der Waals surface area (Å²) >= 11 is 0. The number of nitrogens with one attached hydrogen (secondary N) is 4. The molecule has 11 unspecified atom stereocenters. The van der Waals surface area contributed by atoms with Crippen LogP contribution in [0.15, 0.2) is 0 Å². The van der Waals surface area contributed by atoms with Crippen molar-refractivity contribution in [2.75, 3.05) is 19.6 Å². The number of carbonyl (C=O) groups is 1. The monoisotopic (exact) mass is 564 g/mol. The summed E-state index contributed by atoms with van der Waals surface area (Å²) < 4.78 is 32.2. The standard InChI is InChI=1S/C31H54F2N6O/c1-17(2)26-28-20(12-14-35-26)7-6-13-34-24-9-5-8-22(32)25(24)27-23(33)15-21-29(37-31(40)39(28)30(21)36-27)38-16-18(3)10-11-19(38)4/h17-30,34-36H,5-16H2,1-4H3,(H,37,40)/t18-,19-,20?,21?,22?,23?,24?,25?,26?,27?,28?,29?,30?/m0/s1. The highest BCUT2D eigenvalue weighted by Gasteiger charge is 2.57. The number of hydrogen-bond donors (Lipinski definition) is 4. The maximum absolute atomic E-state index is 16.4. The molecule has 6 rings (SSSR count). The number of carbonyl (C=O) groups excluding carboxylic acids is 1. The molecule has 13 atom stereocenters. The fourth-order valence-electron chi connectivity index (χ4n) is 9.60.